The van der Waals surface area contributed by atoms with Gasteiger partial charge in [0.2, 0.25) is 0 Å². The molecule has 2 aliphatic rings. The topological polar surface area (TPSA) is 135 Å². The molecule has 0 unspecified atom stereocenters. The largest absolute Gasteiger partial charge is 0.478 e. The maximum atomic E-state index is 12.8. The number of nitrogens with two attached hydrogens (primary N) is 1. The minimum absolute atomic E-state index is 0.0158. The summed E-state index contributed by atoms with van der Waals surface area (Å²) in [6.07, 6.45) is 0. The van der Waals surface area contributed by atoms with Gasteiger partial charge in [-0.05, 0) is 29.8 Å². The summed E-state index contributed by atoms with van der Waals surface area (Å²) >= 11 is 0. The highest BCUT2D eigenvalue weighted by molar-refractivity contribution is 7.91. The van der Waals surface area contributed by atoms with Crippen LogP contribution in [0.1, 0.15) is 15.9 Å². The zero-order chi connectivity index (χ0) is 23.9. The van der Waals surface area contributed by atoms with Crippen LogP contribution in [0, 0.1) is 5.41 Å². The van der Waals surface area contributed by atoms with Crippen LogP contribution in [0.2, 0.25) is 0 Å². The molecule has 1 aromatic heterocycles. The molecule has 34 heavy (non-hydrogen) atoms. The highest BCUT2D eigenvalue weighted by atomic mass is 32.2. The van der Waals surface area contributed by atoms with E-state index in [1.54, 1.807) is 24.3 Å². The Balaban J connectivity index is 1.56. The molecule has 1 saturated heterocycles. The van der Waals surface area contributed by atoms with E-state index in [2.05, 4.69) is 5.32 Å². The Bertz CT molecular complexity index is 1370. The SMILES string of the molecule is NCC1(CNc2cc(N3CCS(=O)(=O)c4ccccc4C3)nc3ccc(C(=O)O)cc23)COC1. The summed E-state index contributed by atoms with van der Waals surface area (Å²) in [5, 5.41) is 13.6. The van der Waals surface area contributed by atoms with Crippen LogP contribution in [-0.2, 0) is 21.1 Å². The van der Waals surface area contributed by atoms with E-state index >= 15 is 0 Å². The quantitative estimate of drug-likeness (QED) is 0.483. The molecule has 9 nitrogen and oxygen atoms in total. The highest BCUT2D eigenvalue weighted by Gasteiger charge is 2.37. The van der Waals surface area contributed by atoms with Crippen LogP contribution >= 0.6 is 0 Å². The van der Waals surface area contributed by atoms with E-state index < -0.39 is 15.8 Å². The normalized spacial score (nSPS) is 18.6. The molecule has 4 N–H and O–H groups in total. The third-order valence-corrected chi connectivity index (χ3v) is 8.36. The maximum Gasteiger partial charge on any atom is 0.335 e. The first-order valence-electron chi connectivity index (χ1n) is 11.1. The molecule has 1 fully saturated rings. The first kappa shape index (κ1) is 22.6. The van der Waals surface area contributed by atoms with Crippen LogP contribution in [0.5, 0.6) is 0 Å². The lowest BCUT2D eigenvalue weighted by Crippen LogP contribution is -2.52. The van der Waals surface area contributed by atoms with E-state index in [9.17, 15) is 18.3 Å². The summed E-state index contributed by atoms with van der Waals surface area (Å²) in [6.45, 7) is 2.86. The first-order chi connectivity index (χ1) is 16.3. The first-order valence-corrected chi connectivity index (χ1v) is 12.7. The number of hydrogen-bond donors (Lipinski definition) is 3. The van der Waals surface area contributed by atoms with Crippen molar-refractivity contribution in [1.29, 1.82) is 0 Å². The van der Waals surface area contributed by atoms with Crippen molar-refractivity contribution in [3.63, 3.8) is 0 Å². The van der Waals surface area contributed by atoms with E-state index in [0.29, 0.717) is 61.0 Å². The summed E-state index contributed by atoms with van der Waals surface area (Å²) in [6, 6.07) is 13.7. The van der Waals surface area contributed by atoms with Gasteiger partial charge in [-0.1, -0.05) is 18.2 Å². The minimum atomic E-state index is -3.39. The van der Waals surface area contributed by atoms with Crippen molar-refractivity contribution in [2.45, 2.75) is 11.4 Å². The zero-order valence-electron chi connectivity index (χ0n) is 18.5. The van der Waals surface area contributed by atoms with Crippen molar-refractivity contribution < 1.29 is 23.1 Å². The van der Waals surface area contributed by atoms with Crippen molar-refractivity contribution in [3.8, 4) is 0 Å². The molecule has 0 radical (unpaired) electrons. The molecule has 0 aliphatic carbocycles. The van der Waals surface area contributed by atoms with Gasteiger partial charge in [0.15, 0.2) is 9.84 Å². The summed E-state index contributed by atoms with van der Waals surface area (Å²) in [4.78, 5) is 18.6. The molecule has 0 amide bonds. The van der Waals surface area contributed by atoms with Gasteiger partial charge in [0.25, 0.3) is 0 Å². The third-order valence-electron chi connectivity index (χ3n) is 6.57. The standard InChI is InChI=1S/C24H26N4O5S/c25-12-24(14-33-15-24)13-26-20-10-22(27-19-6-5-16(23(29)30)9-18(19)20)28-7-8-34(31,32)21-4-2-1-3-17(21)11-28/h1-6,9-10H,7-8,11-15,25H2,(H,26,27)(H,29,30). The van der Waals surface area contributed by atoms with Gasteiger partial charge in [-0.25, -0.2) is 18.2 Å². The van der Waals surface area contributed by atoms with E-state index in [4.69, 9.17) is 15.5 Å². The van der Waals surface area contributed by atoms with Crippen molar-refractivity contribution in [2.75, 3.05) is 48.8 Å². The molecule has 0 bridgehead atoms. The molecule has 3 aromatic rings. The van der Waals surface area contributed by atoms with Crippen molar-refractivity contribution in [2.24, 2.45) is 11.1 Å². The number of sulfone groups is 1. The fourth-order valence-corrected chi connectivity index (χ4v) is 5.88. The monoisotopic (exact) mass is 482 g/mol. The Hall–Kier alpha value is -3.21. The van der Waals surface area contributed by atoms with Crippen LogP contribution in [0.15, 0.2) is 53.4 Å². The van der Waals surface area contributed by atoms with Gasteiger partial charge in [0.05, 0.1) is 34.9 Å². The van der Waals surface area contributed by atoms with Crippen LogP contribution in [0.3, 0.4) is 0 Å². The summed E-state index contributed by atoms with van der Waals surface area (Å²) in [7, 11) is -3.39. The number of benzene rings is 2. The molecule has 2 aliphatic heterocycles. The predicted molar refractivity (Wildman–Crippen MR) is 129 cm³/mol. The number of pyridine rings is 1. The second-order valence-corrected chi connectivity index (χ2v) is 11.0. The molecular weight excluding hydrogens is 456 g/mol. The Morgan fingerprint density at radius 1 is 1.21 bits per heavy atom. The fraction of sp³-hybridized carbons (Fsp3) is 0.333. The predicted octanol–water partition coefficient (Wildman–Crippen LogP) is 2.11. The molecule has 0 saturated carbocycles. The summed E-state index contributed by atoms with van der Waals surface area (Å²) in [5.41, 5.74) is 8.04. The zero-order valence-corrected chi connectivity index (χ0v) is 19.3. The van der Waals surface area contributed by atoms with Crippen LogP contribution < -0.4 is 16.0 Å². The number of carboxylic acids is 1. The van der Waals surface area contributed by atoms with Gasteiger partial charge in [-0.3, -0.25) is 0 Å². The van der Waals surface area contributed by atoms with Crippen LogP contribution in [0.25, 0.3) is 10.9 Å². The lowest BCUT2D eigenvalue weighted by molar-refractivity contribution is -0.0979. The molecule has 5 rings (SSSR count). The Labute approximate surface area is 197 Å². The lowest BCUT2D eigenvalue weighted by atomic mass is 9.86. The number of nitrogens with one attached hydrogen (secondary N) is 1. The number of carboxylic acid groups (broad SMARTS) is 1. The maximum absolute atomic E-state index is 12.8. The molecule has 3 heterocycles. The Morgan fingerprint density at radius 3 is 2.71 bits per heavy atom. The molecular formula is C24H26N4O5S. The van der Waals surface area contributed by atoms with Gasteiger partial charge in [-0.15, -0.1) is 0 Å². The Morgan fingerprint density at radius 2 is 2.00 bits per heavy atom. The fourth-order valence-electron chi connectivity index (χ4n) is 4.38. The van der Waals surface area contributed by atoms with Crippen LogP contribution in [-0.4, -0.2) is 63.1 Å². The second kappa shape index (κ2) is 8.53. The Kier molecular flexibility index (Phi) is 5.67. The van der Waals surface area contributed by atoms with Gasteiger partial charge >= 0.3 is 5.97 Å². The minimum Gasteiger partial charge on any atom is -0.478 e. The third kappa shape index (κ3) is 4.08. The van der Waals surface area contributed by atoms with Gasteiger partial charge in [-0.2, -0.15) is 0 Å². The number of anilines is 2. The number of rotatable bonds is 6. The average Bonchev–Trinajstić information content (AvgIpc) is 2.94. The van der Waals surface area contributed by atoms with E-state index in [0.717, 1.165) is 11.3 Å². The van der Waals surface area contributed by atoms with Gasteiger partial charge in [0, 0.05) is 48.7 Å². The lowest BCUT2D eigenvalue weighted by Gasteiger charge is -2.40. The number of aromatic nitrogens is 1. The summed E-state index contributed by atoms with van der Waals surface area (Å²) in [5.74, 6) is -0.411. The van der Waals surface area contributed by atoms with Gasteiger partial charge in [0.1, 0.15) is 5.82 Å². The smallest absolute Gasteiger partial charge is 0.335 e. The summed E-state index contributed by atoms with van der Waals surface area (Å²) < 4.78 is 31.0. The van der Waals surface area contributed by atoms with E-state index in [1.165, 1.54) is 6.07 Å². The molecule has 0 atom stereocenters. The number of ether oxygens (including phenoxy) is 1. The van der Waals surface area contributed by atoms with Gasteiger partial charge < -0.3 is 25.8 Å². The number of aromatic carboxylic acids is 1. The van der Waals surface area contributed by atoms with Crippen molar-refractivity contribution in [3.05, 3.63) is 59.7 Å². The van der Waals surface area contributed by atoms with E-state index in [-0.39, 0.29) is 16.7 Å². The average molecular weight is 483 g/mol. The van der Waals surface area contributed by atoms with Crippen molar-refractivity contribution in [1.82, 2.24) is 4.98 Å². The van der Waals surface area contributed by atoms with E-state index in [1.807, 2.05) is 23.1 Å². The number of hydrogen-bond acceptors (Lipinski definition) is 8. The highest BCUT2D eigenvalue weighted by Crippen LogP contribution is 2.33. The van der Waals surface area contributed by atoms with Crippen LogP contribution in [0.4, 0.5) is 11.5 Å². The van der Waals surface area contributed by atoms with Crippen molar-refractivity contribution >= 4 is 38.2 Å². The number of fused-ring (bicyclic) bond motifs is 2. The molecule has 2 aromatic carbocycles. The molecule has 0 spiro atoms. The molecule has 178 valence electrons. The molecule has 10 heteroatoms. The second-order valence-electron chi connectivity index (χ2n) is 8.96. The number of nitrogens with zero attached hydrogens (tertiary/aromatic N) is 2. The number of carbonyl (C=O) groups is 1.